The molecule has 0 fully saturated rings. The summed E-state index contributed by atoms with van der Waals surface area (Å²) < 4.78 is 10.7. The van der Waals surface area contributed by atoms with Crippen LogP contribution in [0, 0.1) is 6.92 Å². The van der Waals surface area contributed by atoms with Crippen molar-refractivity contribution in [3.63, 3.8) is 0 Å². The van der Waals surface area contributed by atoms with Gasteiger partial charge in [-0.3, -0.25) is 0 Å². The average Bonchev–Trinajstić information content (AvgIpc) is 2.56. The molecule has 0 saturated carbocycles. The maximum absolute atomic E-state index is 11.7. The Labute approximate surface area is 136 Å². The van der Waals surface area contributed by atoms with Crippen LogP contribution in [0.3, 0.4) is 0 Å². The number of hydrogen-bond acceptors (Lipinski definition) is 3. The number of urea groups is 1. The molecule has 0 aromatic heterocycles. The first-order valence-electron chi connectivity index (χ1n) is 7.56. The number of ether oxygens (including phenoxy) is 2. The Bertz CT molecular complexity index is 609. The Kier molecular flexibility index (Phi) is 6.44. The average molecular weight is 314 g/mol. The smallest absolute Gasteiger partial charge is 0.319 e. The van der Waals surface area contributed by atoms with E-state index in [1.54, 1.807) is 19.2 Å². The van der Waals surface area contributed by atoms with E-state index in [4.69, 9.17) is 9.47 Å². The van der Waals surface area contributed by atoms with Crippen molar-refractivity contribution in [1.82, 2.24) is 5.32 Å². The molecule has 0 unspecified atom stereocenters. The molecule has 122 valence electrons. The Hall–Kier alpha value is -2.53. The predicted molar refractivity (Wildman–Crippen MR) is 91.2 cm³/mol. The second kappa shape index (κ2) is 8.80. The molecule has 0 heterocycles. The number of anilines is 1. The van der Waals surface area contributed by atoms with Gasteiger partial charge in [0.2, 0.25) is 0 Å². The monoisotopic (exact) mass is 314 g/mol. The molecule has 0 radical (unpaired) electrons. The maximum atomic E-state index is 11.7. The van der Waals surface area contributed by atoms with E-state index in [2.05, 4.69) is 10.6 Å². The molecule has 2 N–H and O–H groups in total. The Morgan fingerprint density at radius 2 is 1.61 bits per heavy atom. The number of hydrogen-bond donors (Lipinski definition) is 2. The van der Waals surface area contributed by atoms with E-state index in [0.717, 1.165) is 17.9 Å². The SMILES string of the molecule is COCCCNC(=O)Nc1ccc(Oc2ccc(C)cc2)cc1. The van der Waals surface area contributed by atoms with Crippen molar-refractivity contribution in [3.8, 4) is 11.5 Å². The number of methoxy groups -OCH3 is 1. The molecule has 0 aliphatic rings. The highest BCUT2D eigenvalue weighted by molar-refractivity contribution is 5.89. The molecule has 0 spiro atoms. The Morgan fingerprint density at radius 3 is 2.22 bits per heavy atom. The first-order chi connectivity index (χ1) is 11.2. The van der Waals surface area contributed by atoms with Crippen LogP contribution in [0.5, 0.6) is 11.5 Å². The summed E-state index contributed by atoms with van der Waals surface area (Å²) in [5.74, 6) is 1.51. The molecule has 0 bridgehead atoms. The molecule has 0 aliphatic heterocycles. The van der Waals surface area contributed by atoms with E-state index in [1.807, 2.05) is 43.3 Å². The molecule has 5 nitrogen and oxygen atoms in total. The van der Waals surface area contributed by atoms with Gasteiger partial charge in [-0.15, -0.1) is 0 Å². The van der Waals surface area contributed by atoms with Gasteiger partial charge >= 0.3 is 6.03 Å². The quantitative estimate of drug-likeness (QED) is 0.761. The van der Waals surface area contributed by atoms with Gasteiger partial charge in [-0.1, -0.05) is 17.7 Å². The van der Waals surface area contributed by atoms with Gasteiger partial charge in [0.25, 0.3) is 0 Å². The number of rotatable bonds is 7. The summed E-state index contributed by atoms with van der Waals surface area (Å²) in [5.41, 5.74) is 1.90. The molecule has 5 heteroatoms. The van der Waals surface area contributed by atoms with E-state index >= 15 is 0 Å². The summed E-state index contributed by atoms with van der Waals surface area (Å²) in [6.07, 6.45) is 0.785. The van der Waals surface area contributed by atoms with E-state index in [9.17, 15) is 4.79 Å². The largest absolute Gasteiger partial charge is 0.457 e. The summed E-state index contributed by atoms with van der Waals surface area (Å²) in [6.45, 7) is 3.24. The molecule has 23 heavy (non-hydrogen) atoms. The van der Waals surface area contributed by atoms with Gasteiger partial charge in [0, 0.05) is 25.9 Å². The van der Waals surface area contributed by atoms with Crippen LogP contribution in [0.2, 0.25) is 0 Å². The van der Waals surface area contributed by atoms with Gasteiger partial charge in [0.15, 0.2) is 0 Å². The molecule has 2 aromatic rings. The van der Waals surface area contributed by atoms with Crippen molar-refractivity contribution in [2.24, 2.45) is 0 Å². The van der Waals surface area contributed by atoms with Crippen LogP contribution >= 0.6 is 0 Å². The highest BCUT2D eigenvalue weighted by Gasteiger charge is 2.02. The molecule has 2 aromatic carbocycles. The molecular weight excluding hydrogens is 292 g/mol. The molecule has 0 aliphatic carbocycles. The Morgan fingerprint density at radius 1 is 1.00 bits per heavy atom. The van der Waals surface area contributed by atoms with Crippen molar-refractivity contribution < 1.29 is 14.3 Å². The van der Waals surface area contributed by atoms with E-state index in [1.165, 1.54) is 5.56 Å². The third-order valence-corrected chi connectivity index (χ3v) is 3.18. The van der Waals surface area contributed by atoms with Gasteiger partial charge in [-0.25, -0.2) is 4.79 Å². The molecule has 0 saturated heterocycles. The van der Waals surface area contributed by atoms with Crippen LogP contribution in [-0.2, 0) is 4.74 Å². The minimum atomic E-state index is -0.228. The lowest BCUT2D eigenvalue weighted by atomic mass is 10.2. The second-order valence-electron chi connectivity index (χ2n) is 5.17. The molecule has 2 amide bonds. The normalized spacial score (nSPS) is 10.2. The van der Waals surface area contributed by atoms with Crippen LogP contribution in [0.25, 0.3) is 0 Å². The molecule has 0 atom stereocenters. The zero-order chi connectivity index (χ0) is 16.5. The van der Waals surface area contributed by atoms with Gasteiger partial charge in [-0.2, -0.15) is 0 Å². The summed E-state index contributed by atoms with van der Waals surface area (Å²) in [7, 11) is 1.64. The highest BCUT2D eigenvalue weighted by atomic mass is 16.5. The summed E-state index contributed by atoms with van der Waals surface area (Å²) in [4.78, 5) is 11.7. The van der Waals surface area contributed by atoms with Crippen LogP contribution in [0.4, 0.5) is 10.5 Å². The van der Waals surface area contributed by atoms with Gasteiger partial charge in [-0.05, 0) is 49.7 Å². The summed E-state index contributed by atoms with van der Waals surface area (Å²) in [5, 5.41) is 5.54. The number of carbonyl (C=O) groups is 1. The van der Waals surface area contributed by atoms with Crippen LogP contribution in [0.1, 0.15) is 12.0 Å². The predicted octanol–water partition coefficient (Wildman–Crippen LogP) is 3.95. The second-order valence-corrected chi connectivity index (χ2v) is 5.17. The topological polar surface area (TPSA) is 59.6 Å². The van der Waals surface area contributed by atoms with Crippen molar-refractivity contribution in [2.75, 3.05) is 25.6 Å². The first-order valence-corrected chi connectivity index (χ1v) is 7.56. The third-order valence-electron chi connectivity index (χ3n) is 3.18. The Balaban J connectivity index is 1.82. The highest BCUT2D eigenvalue weighted by Crippen LogP contribution is 2.23. The van der Waals surface area contributed by atoms with E-state index < -0.39 is 0 Å². The first kappa shape index (κ1) is 16.8. The fraction of sp³-hybridized carbons (Fsp3) is 0.278. The fourth-order valence-electron chi connectivity index (χ4n) is 1.94. The number of nitrogens with one attached hydrogen (secondary N) is 2. The zero-order valence-corrected chi connectivity index (χ0v) is 13.5. The standard InChI is InChI=1S/C18H22N2O3/c1-14-4-8-16(9-5-14)23-17-10-6-15(7-11-17)20-18(21)19-12-3-13-22-2/h4-11H,3,12-13H2,1-2H3,(H2,19,20,21). The lowest BCUT2D eigenvalue weighted by Crippen LogP contribution is -2.29. The van der Waals surface area contributed by atoms with Gasteiger partial charge in [0.05, 0.1) is 0 Å². The maximum Gasteiger partial charge on any atom is 0.319 e. The summed E-state index contributed by atoms with van der Waals surface area (Å²) >= 11 is 0. The van der Waals surface area contributed by atoms with Crippen molar-refractivity contribution >= 4 is 11.7 Å². The van der Waals surface area contributed by atoms with Gasteiger partial charge in [0.1, 0.15) is 11.5 Å². The minimum absolute atomic E-state index is 0.228. The van der Waals surface area contributed by atoms with Crippen LogP contribution in [-0.4, -0.2) is 26.3 Å². The van der Waals surface area contributed by atoms with E-state index in [0.29, 0.717) is 18.8 Å². The number of aryl methyl sites for hydroxylation is 1. The van der Waals surface area contributed by atoms with Gasteiger partial charge < -0.3 is 20.1 Å². The third kappa shape index (κ3) is 6.00. The van der Waals surface area contributed by atoms with Crippen molar-refractivity contribution in [3.05, 3.63) is 54.1 Å². The van der Waals surface area contributed by atoms with Crippen molar-refractivity contribution in [1.29, 1.82) is 0 Å². The van der Waals surface area contributed by atoms with Crippen LogP contribution in [0.15, 0.2) is 48.5 Å². The fourth-order valence-corrected chi connectivity index (χ4v) is 1.94. The molecular formula is C18H22N2O3. The van der Waals surface area contributed by atoms with E-state index in [-0.39, 0.29) is 6.03 Å². The lowest BCUT2D eigenvalue weighted by molar-refractivity contribution is 0.194. The number of benzene rings is 2. The zero-order valence-electron chi connectivity index (χ0n) is 13.5. The lowest BCUT2D eigenvalue weighted by Gasteiger charge is -2.09. The number of carbonyl (C=O) groups excluding carboxylic acids is 1. The van der Waals surface area contributed by atoms with Crippen molar-refractivity contribution in [2.45, 2.75) is 13.3 Å². The minimum Gasteiger partial charge on any atom is -0.457 e. The van der Waals surface area contributed by atoms with Crippen LogP contribution < -0.4 is 15.4 Å². The number of amides is 2. The summed E-state index contributed by atoms with van der Waals surface area (Å²) in [6, 6.07) is 14.9. The molecule has 2 rings (SSSR count).